The summed E-state index contributed by atoms with van der Waals surface area (Å²) in [5.74, 6) is 4.28. The highest BCUT2D eigenvalue weighted by Crippen LogP contribution is 2.44. The van der Waals surface area contributed by atoms with Crippen molar-refractivity contribution in [2.45, 2.75) is 80.1 Å². The van der Waals surface area contributed by atoms with E-state index in [0.29, 0.717) is 0 Å². The summed E-state index contributed by atoms with van der Waals surface area (Å²) >= 11 is 0. The van der Waals surface area contributed by atoms with Gasteiger partial charge in [0.2, 0.25) is 0 Å². The largest absolute Gasteiger partial charge is 0.0683 e. The SMILES string of the molecule is CC.CC1CC2CC(C)CC(C1)C2.CCC. The molecule has 0 aromatic heterocycles. The lowest BCUT2D eigenvalue weighted by Crippen LogP contribution is -2.29. The Balaban J connectivity index is 0.000000394. The molecule has 0 radical (unpaired) electrons. The molecule has 0 aromatic rings. The lowest BCUT2D eigenvalue weighted by Gasteiger charge is -2.40. The third-order valence-electron chi connectivity index (χ3n) is 3.61. The van der Waals surface area contributed by atoms with Crippen LogP contribution in [-0.4, -0.2) is 0 Å². The lowest BCUT2D eigenvalue weighted by atomic mass is 9.65. The predicted octanol–water partition coefficient (Wildman–Crippen LogP) is 5.91. The van der Waals surface area contributed by atoms with Crippen molar-refractivity contribution >= 4 is 0 Å². The normalized spacial score (nSPS) is 36.4. The molecule has 0 atom stereocenters. The van der Waals surface area contributed by atoms with Gasteiger partial charge in [-0.2, -0.15) is 0 Å². The standard InChI is InChI=1S/C11H20.C3H8.C2H6/c1-8-3-10-5-9(2)6-11(4-8)7-10;1-3-2;1-2/h8-11H,3-7H2,1-2H3;3H2,1-2H3;1-2H3. The van der Waals surface area contributed by atoms with Gasteiger partial charge in [-0.1, -0.05) is 48.0 Å². The van der Waals surface area contributed by atoms with Crippen molar-refractivity contribution in [2.24, 2.45) is 23.7 Å². The Bertz CT molecular complexity index is 117. The highest BCUT2D eigenvalue weighted by molar-refractivity contribution is 4.83. The van der Waals surface area contributed by atoms with Crippen molar-refractivity contribution in [3.05, 3.63) is 0 Å². The Hall–Kier alpha value is 0. The van der Waals surface area contributed by atoms with Crippen LogP contribution in [0.5, 0.6) is 0 Å². The molecule has 0 aliphatic heterocycles. The summed E-state index contributed by atoms with van der Waals surface area (Å²) in [7, 11) is 0. The monoisotopic (exact) mass is 226 g/mol. The molecular formula is C16H34. The third-order valence-corrected chi connectivity index (χ3v) is 3.61. The number of hydrogen-bond donors (Lipinski definition) is 0. The van der Waals surface area contributed by atoms with Crippen LogP contribution in [0.2, 0.25) is 0 Å². The molecule has 0 saturated heterocycles. The molecule has 16 heavy (non-hydrogen) atoms. The minimum atomic E-state index is 1.03. The molecule has 2 saturated carbocycles. The molecule has 0 heterocycles. The Labute approximate surface area is 104 Å². The van der Waals surface area contributed by atoms with Crippen molar-refractivity contribution in [3.8, 4) is 0 Å². The third kappa shape index (κ3) is 5.92. The Morgan fingerprint density at radius 2 is 0.938 bits per heavy atom. The van der Waals surface area contributed by atoms with Crippen LogP contribution in [0.3, 0.4) is 0 Å². The maximum Gasteiger partial charge on any atom is -0.0407 e. The number of rotatable bonds is 0. The van der Waals surface area contributed by atoms with Gasteiger partial charge in [-0.15, -0.1) is 0 Å². The van der Waals surface area contributed by atoms with E-state index in [9.17, 15) is 0 Å². The van der Waals surface area contributed by atoms with Gasteiger partial charge < -0.3 is 0 Å². The van der Waals surface area contributed by atoms with Crippen molar-refractivity contribution in [1.82, 2.24) is 0 Å². The lowest BCUT2D eigenvalue weighted by molar-refractivity contribution is 0.111. The van der Waals surface area contributed by atoms with Crippen LogP contribution in [0.1, 0.15) is 80.1 Å². The van der Waals surface area contributed by atoms with Crippen LogP contribution in [0.25, 0.3) is 0 Å². The van der Waals surface area contributed by atoms with E-state index >= 15 is 0 Å². The molecule has 0 nitrogen and oxygen atoms in total. The fourth-order valence-corrected chi connectivity index (χ4v) is 3.52. The maximum atomic E-state index is 2.44. The van der Waals surface area contributed by atoms with Gasteiger partial charge in [0.1, 0.15) is 0 Å². The molecule has 0 aromatic carbocycles. The summed E-state index contributed by atoms with van der Waals surface area (Å²) in [5.41, 5.74) is 0. The molecule has 0 N–H and O–H groups in total. The summed E-state index contributed by atoms with van der Waals surface area (Å²) in [6.07, 6.45) is 8.93. The molecule has 2 fully saturated rings. The summed E-state index contributed by atoms with van der Waals surface area (Å²) in [6, 6.07) is 0. The van der Waals surface area contributed by atoms with E-state index in [0.717, 1.165) is 23.7 Å². The zero-order valence-electron chi connectivity index (χ0n) is 12.6. The van der Waals surface area contributed by atoms with Gasteiger partial charge >= 0.3 is 0 Å². The van der Waals surface area contributed by atoms with Gasteiger partial charge in [-0.25, -0.2) is 0 Å². The highest BCUT2D eigenvalue weighted by Gasteiger charge is 2.32. The van der Waals surface area contributed by atoms with Crippen LogP contribution < -0.4 is 0 Å². The smallest absolute Gasteiger partial charge is 0.0407 e. The van der Waals surface area contributed by atoms with Crippen molar-refractivity contribution in [2.75, 3.05) is 0 Å². The second kappa shape index (κ2) is 9.07. The molecular weight excluding hydrogens is 192 g/mol. The second-order valence-corrected chi connectivity index (χ2v) is 5.83. The summed E-state index contributed by atoms with van der Waals surface area (Å²) < 4.78 is 0. The first-order chi connectivity index (χ1) is 7.65. The van der Waals surface area contributed by atoms with Gasteiger partial charge in [0.25, 0.3) is 0 Å². The van der Waals surface area contributed by atoms with E-state index in [1.807, 2.05) is 13.8 Å². The molecule has 0 unspecified atom stereocenters. The summed E-state index contributed by atoms with van der Waals surface area (Å²) in [5, 5.41) is 0. The first-order valence-corrected chi connectivity index (χ1v) is 7.65. The second-order valence-electron chi connectivity index (χ2n) is 5.83. The average molecular weight is 226 g/mol. The van der Waals surface area contributed by atoms with Crippen LogP contribution in [0.15, 0.2) is 0 Å². The van der Waals surface area contributed by atoms with E-state index in [-0.39, 0.29) is 0 Å². The average Bonchev–Trinajstić information content (AvgIpc) is 2.19. The first-order valence-electron chi connectivity index (χ1n) is 7.65. The van der Waals surface area contributed by atoms with E-state index in [1.54, 1.807) is 6.42 Å². The fraction of sp³-hybridized carbons (Fsp3) is 1.00. The van der Waals surface area contributed by atoms with Crippen molar-refractivity contribution in [1.29, 1.82) is 0 Å². The van der Waals surface area contributed by atoms with E-state index in [2.05, 4.69) is 27.7 Å². The minimum Gasteiger partial charge on any atom is -0.0683 e. The molecule has 2 rings (SSSR count). The molecule has 98 valence electrons. The summed E-state index contributed by atoms with van der Waals surface area (Å²) in [6.45, 7) is 13.1. The molecule has 0 heteroatoms. The molecule has 0 amide bonds. The Morgan fingerprint density at radius 1 is 0.688 bits per heavy atom. The van der Waals surface area contributed by atoms with Gasteiger partial charge in [-0.05, 0) is 55.8 Å². The molecule has 0 spiro atoms. The van der Waals surface area contributed by atoms with E-state index in [1.165, 1.54) is 32.1 Å². The van der Waals surface area contributed by atoms with Crippen LogP contribution in [-0.2, 0) is 0 Å². The minimum absolute atomic E-state index is 1.03. The van der Waals surface area contributed by atoms with Crippen molar-refractivity contribution < 1.29 is 0 Å². The molecule has 2 aliphatic rings. The topological polar surface area (TPSA) is 0 Å². The molecule has 2 bridgehead atoms. The first kappa shape index (κ1) is 16.0. The quantitative estimate of drug-likeness (QED) is 0.481. The Kier molecular flexibility index (Phi) is 9.07. The van der Waals surface area contributed by atoms with E-state index in [4.69, 9.17) is 0 Å². The maximum absolute atomic E-state index is 2.44. The highest BCUT2D eigenvalue weighted by atomic mass is 14.4. The van der Waals surface area contributed by atoms with Gasteiger partial charge in [0, 0.05) is 0 Å². The Morgan fingerprint density at radius 3 is 1.19 bits per heavy atom. The van der Waals surface area contributed by atoms with Gasteiger partial charge in [0.15, 0.2) is 0 Å². The van der Waals surface area contributed by atoms with Gasteiger partial charge in [-0.3, -0.25) is 0 Å². The van der Waals surface area contributed by atoms with Crippen LogP contribution in [0, 0.1) is 23.7 Å². The number of fused-ring (bicyclic) bond motifs is 2. The zero-order valence-corrected chi connectivity index (χ0v) is 12.6. The van der Waals surface area contributed by atoms with Gasteiger partial charge in [0.05, 0.1) is 0 Å². The van der Waals surface area contributed by atoms with Crippen molar-refractivity contribution in [3.63, 3.8) is 0 Å². The zero-order chi connectivity index (χ0) is 12.6. The predicted molar refractivity (Wildman–Crippen MR) is 75.7 cm³/mol. The molecule has 2 aliphatic carbocycles. The van der Waals surface area contributed by atoms with E-state index < -0.39 is 0 Å². The van der Waals surface area contributed by atoms with Crippen LogP contribution in [0.4, 0.5) is 0 Å². The number of hydrogen-bond acceptors (Lipinski definition) is 0. The fourth-order valence-electron chi connectivity index (χ4n) is 3.52. The van der Waals surface area contributed by atoms with Crippen LogP contribution >= 0.6 is 0 Å². The summed E-state index contributed by atoms with van der Waals surface area (Å²) in [4.78, 5) is 0.